The number of aromatic nitrogens is 1. The van der Waals surface area contributed by atoms with E-state index in [0.717, 1.165) is 22.0 Å². The highest BCUT2D eigenvalue weighted by molar-refractivity contribution is 7.13. The SMILES string of the molecule is Cc1csc(-c2ccoc2C)n1. The number of thiazole rings is 1. The Bertz CT molecular complexity index is 389. The van der Waals surface area contributed by atoms with Crippen LogP contribution in [-0.4, -0.2) is 4.98 Å². The van der Waals surface area contributed by atoms with Gasteiger partial charge >= 0.3 is 0 Å². The molecule has 0 bridgehead atoms. The molecule has 0 atom stereocenters. The first-order valence-corrected chi connectivity index (χ1v) is 4.62. The number of nitrogens with zero attached hydrogens (tertiary/aromatic N) is 1. The molecule has 0 aliphatic rings. The first-order chi connectivity index (χ1) is 5.77. The minimum Gasteiger partial charge on any atom is -0.469 e. The Morgan fingerprint density at radius 3 is 2.75 bits per heavy atom. The van der Waals surface area contributed by atoms with Gasteiger partial charge < -0.3 is 4.42 Å². The van der Waals surface area contributed by atoms with Crippen molar-refractivity contribution in [3.63, 3.8) is 0 Å². The molecule has 0 aliphatic heterocycles. The van der Waals surface area contributed by atoms with Gasteiger partial charge in [-0.05, 0) is 19.9 Å². The molecule has 62 valence electrons. The van der Waals surface area contributed by atoms with Crippen molar-refractivity contribution in [2.24, 2.45) is 0 Å². The van der Waals surface area contributed by atoms with Gasteiger partial charge in [0, 0.05) is 11.1 Å². The summed E-state index contributed by atoms with van der Waals surface area (Å²) in [5.74, 6) is 0.935. The number of aryl methyl sites for hydroxylation is 2. The summed E-state index contributed by atoms with van der Waals surface area (Å²) in [6.45, 7) is 3.95. The molecule has 2 heterocycles. The van der Waals surface area contributed by atoms with Gasteiger partial charge in [-0.3, -0.25) is 0 Å². The minimum atomic E-state index is 0.935. The molecule has 0 N–H and O–H groups in total. The maximum absolute atomic E-state index is 5.19. The van der Waals surface area contributed by atoms with Gasteiger partial charge in [-0.2, -0.15) is 0 Å². The van der Waals surface area contributed by atoms with E-state index in [2.05, 4.69) is 4.98 Å². The predicted octanol–water partition coefficient (Wildman–Crippen LogP) is 3.02. The van der Waals surface area contributed by atoms with Crippen molar-refractivity contribution < 1.29 is 4.42 Å². The minimum absolute atomic E-state index is 0.935. The van der Waals surface area contributed by atoms with E-state index in [-0.39, 0.29) is 0 Å². The summed E-state index contributed by atoms with van der Waals surface area (Å²) in [6, 6.07) is 1.95. The summed E-state index contributed by atoms with van der Waals surface area (Å²) in [7, 11) is 0. The van der Waals surface area contributed by atoms with Crippen LogP contribution in [0.2, 0.25) is 0 Å². The lowest BCUT2D eigenvalue weighted by Crippen LogP contribution is -1.75. The quantitative estimate of drug-likeness (QED) is 0.672. The molecule has 0 spiro atoms. The second kappa shape index (κ2) is 2.75. The molecule has 2 aromatic rings. The van der Waals surface area contributed by atoms with E-state index in [1.807, 2.05) is 25.3 Å². The zero-order chi connectivity index (χ0) is 8.55. The second-order valence-corrected chi connectivity index (χ2v) is 3.54. The molecule has 12 heavy (non-hydrogen) atoms. The van der Waals surface area contributed by atoms with E-state index in [1.54, 1.807) is 17.6 Å². The molecule has 0 unspecified atom stereocenters. The third-order valence-electron chi connectivity index (χ3n) is 1.71. The molecule has 0 aromatic carbocycles. The zero-order valence-electron chi connectivity index (χ0n) is 7.00. The van der Waals surface area contributed by atoms with Crippen molar-refractivity contribution in [2.75, 3.05) is 0 Å². The Kier molecular flexibility index (Phi) is 1.73. The monoisotopic (exact) mass is 179 g/mol. The van der Waals surface area contributed by atoms with E-state index < -0.39 is 0 Å². The molecule has 3 heteroatoms. The van der Waals surface area contributed by atoms with Crippen LogP contribution in [0.5, 0.6) is 0 Å². The van der Waals surface area contributed by atoms with Crippen LogP contribution in [0, 0.1) is 13.8 Å². The van der Waals surface area contributed by atoms with Crippen LogP contribution in [0.4, 0.5) is 0 Å². The summed E-state index contributed by atoms with van der Waals surface area (Å²) in [5.41, 5.74) is 2.17. The van der Waals surface area contributed by atoms with Gasteiger partial charge in [-0.25, -0.2) is 4.98 Å². The molecule has 0 fully saturated rings. The summed E-state index contributed by atoms with van der Waals surface area (Å²) in [4.78, 5) is 4.37. The van der Waals surface area contributed by atoms with Crippen LogP contribution >= 0.6 is 11.3 Å². The van der Waals surface area contributed by atoms with Crippen molar-refractivity contribution in [2.45, 2.75) is 13.8 Å². The van der Waals surface area contributed by atoms with Crippen LogP contribution in [0.15, 0.2) is 22.1 Å². The maximum atomic E-state index is 5.19. The van der Waals surface area contributed by atoms with Crippen molar-refractivity contribution in [1.29, 1.82) is 0 Å². The predicted molar refractivity (Wildman–Crippen MR) is 49.3 cm³/mol. The smallest absolute Gasteiger partial charge is 0.127 e. The van der Waals surface area contributed by atoms with Crippen molar-refractivity contribution >= 4 is 11.3 Å². The number of hydrogen-bond donors (Lipinski definition) is 0. The van der Waals surface area contributed by atoms with Crippen LogP contribution in [-0.2, 0) is 0 Å². The fourth-order valence-electron chi connectivity index (χ4n) is 1.08. The lowest BCUT2D eigenvalue weighted by atomic mass is 10.3. The topological polar surface area (TPSA) is 26.0 Å². The van der Waals surface area contributed by atoms with Gasteiger partial charge in [-0.15, -0.1) is 11.3 Å². The molecular weight excluding hydrogens is 170 g/mol. The number of hydrogen-bond acceptors (Lipinski definition) is 3. The molecule has 2 aromatic heterocycles. The third-order valence-corrected chi connectivity index (χ3v) is 2.70. The van der Waals surface area contributed by atoms with Gasteiger partial charge in [0.2, 0.25) is 0 Å². The van der Waals surface area contributed by atoms with Crippen LogP contribution < -0.4 is 0 Å². The third kappa shape index (κ3) is 1.16. The van der Waals surface area contributed by atoms with E-state index in [9.17, 15) is 0 Å². The highest BCUT2D eigenvalue weighted by Gasteiger charge is 2.07. The molecule has 2 rings (SSSR count). The fraction of sp³-hybridized carbons (Fsp3) is 0.222. The van der Waals surface area contributed by atoms with Crippen LogP contribution in [0.1, 0.15) is 11.5 Å². The first-order valence-electron chi connectivity index (χ1n) is 3.74. The van der Waals surface area contributed by atoms with Crippen molar-refractivity contribution in [3.05, 3.63) is 29.2 Å². The number of rotatable bonds is 1. The lowest BCUT2D eigenvalue weighted by Gasteiger charge is -1.89. The van der Waals surface area contributed by atoms with E-state index >= 15 is 0 Å². The Balaban J connectivity index is 2.50. The molecule has 0 aliphatic carbocycles. The van der Waals surface area contributed by atoms with E-state index in [0.29, 0.717) is 0 Å². The summed E-state index contributed by atoms with van der Waals surface area (Å²) in [5, 5.41) is 3.08. The Morgan fingerprint density at radius 2 is 2.25 bits per heavy atom. The normalized spacial score (nSPS) is 10.5. The maximum Gasteiger partial charge on any atom is 0.127 e. The molecule has 0 radical (unpaired) electrons. The molecule has 0 amide bonds. The van der Waals surface area contributed by atoms with Crippen LogP contribution in [0.3, 0.4) is 0 Å². The van der Waals surface area contributed by atoms with Gasteiger partial charge in [-0.1, -0.05) is 0 Å². The fourth-order valence-corrected chi connectivity index (χ4v) is 1.95. The Labute approximate surface area is 74.9 Å². The average Bonchev–Trinajstić information content (AvgIpc) is 2.58. The van der Waals surface area contributed by atoms with Crippen LogP contribution in [0.25, 0.3) is 10.6 Å². The summed E-state index contributed by atoms with van der Waals surface area (Å²) >= 11 is 1.65. The van der Waals surface area contributed by atoms with E-state index in [1.165, 1.54) is 0 Å². The van der Waals surface area contributed by atoms with Crippen molar-refractivity contribution in [3.8, 4) is 10.6 Å². The second-order valence-electron chi connectivity index (χ2n) is 2.68. The highest BCUT2D eigenvalue weighted by Crippen LogP contribution is 2.26. The van der Waals surface area contributed by atoms with Gasteiger partial charge in [0.15, 0.2) is 0 Å². The first kappa shape index (κ1) is 7.55. The lowest BCUT2D eigenvalue weighted by molar-refractivity contribution is 0.535. The molecular formula is C9H9NOS. The Hall–Kier alpha value is -1.09. The largest absolute Gasteiger partial charge is 0.469 e. The van der Waals surface area contributed by atoms with Gasteiger partial charge in [0.25, 0.3) is 0 Å². The number of furan rings is 1. The van der Waals surface area contributed by atoms with Crippen molar-refractivity contribution in [1.82, 2.24) is 4.98 Å². The average molecular weight is 179 g/mol. The summed E-state index contributed by atoms with van der Waals surface area (Å²) < 4.78 is 5.19. The van der Waals surface area contributed by atoms with Gasteiger partial charge in [0.05, 0.1) is 11.8 Å². The highest BCUT2D eigenvalue weighted by atomic mass is 32.1. The Morgan fingerprint density at radius 1 is 1.42 bits per heavy atom. The zero-order valence-corrected chi connectivity index (χ0v) is 7.81. The van der Waals surface area contributed by atoms with Gasteiger partial charge in [0.1, 0.15) is 10.8 Å². The molecule has 0 saturated heterocycles. The van der Waals surface area contributed by atoms with E-state index in [4.69, 9.17) is 4.42 Å². The molecule has 2 nitrogen and oxygen atoms in total. The summed E-state index contributed by atoms with van der Waals surface area (Å²) in [6.07, 6.45) is 1.70. The molecule has 0 saturated carbocycles. The standard InChI is InChI=1S/C9H9NOS/c1-6-5-12-9(10-6)8-3-4-11-7(8)2/h3-5H,1-2H3.